The van der Waals surface area contributed by atoms with Gasteiger partial charge in [0.2, 0.25) is 5.91 Å². The highest BCUT2D eigenvalue weighted by Gasteiger charge is 2.44. The van der Waals surface area contributed by atoms with E-state index < -0.39 is 35.3 Å². The standard InChI is InChI=1S/C11H9F2NO3/c12-5-1-2-8(13)9(3-5)14-10(15)6-4-7(6)11(16)17/h1-3,6-7H,4H2,(H,14,15)(H,16,17)/p-1/t6-,7+/m0/s1. The van der Waals surface area contributed by atoms with E-state index in [1.165, 1.54) is 0 Å². The zero-order valence-corrected chi connectivity index (χ0v) is 8.57. The third-order valence-electron chi connectivity index (χ3n) is 2.62. The van der Waals surface area contributed by atoms with E-state index >= 15 is 0 Å². The van der Waals surface area contributed by atoms with Gasteiger partial charge in [-0.1, -0.05) is 0 Å². The number of aliphatic carboxylic acids is 1. The Balaban J connectivity index is 2.04. The van der Waals surface area contributed by atoms with E-state index in [-0.39, 0.29) is 12.1 Å². The summed E-state index contributed by atoms with van der Waals surface area (Å²) >= 11 is 0. The SMILES string of the molecule is O=C(Nc1cc(F)ccc1F)[C@H]1C[C@H]1C(=O)[O-]. The average molecular weight is 240 g/mol. The summed E-state index contributed by atoms with van der Waals surface area (Å²) < 4.78 is 26.0. The molecule has 0 unspecified atom stereocenters. The van der Waals surface area contributed by atoms with Crippen LogP contribution < -0.4 is 10.4 Å². The van der Waals surface area contributed by atoms with Crippen LogP contribution in [0.25, 0.3) is 0 Å². The van der Waals surface area contributed by atoms with Crippen LogP contribution in [0.2, 0.25) is 0 Å². The smallest absolute Gasteiger partial charge is 0.228 e. The van der Waals surface area contributed by atoms with Gasteiger partial charge >= 0.3 is 0 Å². The molecule has 90 valence electrons. The van der Waals surface area contributed by atoms with Crippen molar-refractivity contribution in [1.82, 2.24) is 0 Å². The Morgan fingerprint density at radius 2 is 2.00 bits per heavy atom. The average Bonchev–Trinajstić information content (AvgIpc) is 3.03. The summed E-state index contributed by atoms with van der Waals surface area (Å²) in [5, 5.41) is 12.6. The highest BCUT2D eigenvalue weighted by Crippen LogP contribution is 2.38. The van der Waals surface area contributed by atoms with Gasteiger partial charge in [-0.3, -0.25) is 4.79 Å². The van der Waals surface area contributed by atoms with Crippen LogP contribution >= 0.6 is 0 Å². The molecule has 1 fully saturated rings. The summed E-state index contributed by atoms with van der Waals surface area (Å²) in [5.41, 5.74) is -0.293. The summed E-state index contributed by atoms with van der Waals surface area (Å²) in [4.78, 5) is 21.9. The summed E-state index contributed by atoms with van der Waals surface area (Å²) in [7, 11) is 0. The molecular weight excluding hydrogens is 232 g/mol. The molecule has 1 aliphatic rings. The molecule has 1 aromatic carbocycles. The fourth-order valence-corrected chi connectivity index (χ4v) is 1.56. The van der Waals surface area contributed by atoms with Crippen molar-refractivity contribution in [3.05, 3.63) is 29.8 Å². The highest BCUT2D eigenvalue weighted by atomic mass is 19.1. The maximum Gasteiger partial charge on any atom is 0.228 e. The molecule has 0 aliphatic heterocycles. The van der Waals surface area contributed by atoms with Gasteiger partial charge in [0.1, 0.15) is 11.6 Å². The topological polar surface area (TPSA) is 69.2 Å². The fraction of sp³-hybridized carbons (Fsp3) is 0.273. The first-order valence-corrected chi connectivity index (χ1v) is 4.96. The number of halogens is 2. The monoisotopic (exact) mass is 240 g/mol. The number of benzene rings is 1. The van der Waals surface area contributed by atoms with Crippen LogP contribution in [0.5, 0.6) is 0 Å². The zero-order chi connectivity index (χ0) is 12.6. The number of nitrogens with one attached hydrogen (secondary N) is 1. The van der Waals surface area contributed by atoms with Crippen molar-refractivity contribution in [2.75, 3.05) is 5.32 Å². The number of hydrogen-bond donors (Lipinski definition) is 1. The largest absolute Gasteiger partial charge is 0.550 e. The van der Waals surface area contributed by atoms with Gasteiger partial charge in [-0.15, -0.1) is 0 Å². The highest BCUT2D eigenvalue weighted by molar-refractivity contribution is 5.98. The molecular formula is C11H8F2NO3-. The summed E-state index contributed by atoms with van der Waals surface area (Å²) in [5.74, 6) is -4.94. The summed E-state index contributed by atoms with van der Waals surface area (Å²) in [6, 6.07) is 2.64. The van der Waals surface area contributed by atoms with Crippen LogP contribution in [-0.4, -0.2) is 11.9 Å². The number of rotatable bonds is 3. The second-order valence-corrected chi connectivity index (χ2v) is 3.88. The molecule has 6 heteroatoms. The maximum atomic E-state index is 13.2. The number of carbonyl (C=O) groups excluding carboxylic acids is 2. The lowest BCUT2D eigenvalue weighted by Gasteiger charge is -2.06. The molecule has 17 heavy (non-hydrogen) atoms. The van der Waals surface area contributed by atoms with Gasteiger partial charge in [0.25, 0.3) is 0 Å². The van der Waals surface area contributed by atoms with Crippen LogP contribution in [0.3, 0.4) is 0 Å². The molecule has 0 bridgehead atoms. The predicted molar refractivity (Wildman–Crippen MR) is 51.6 cm³/mol. The van der Waals surface area contributed by atoms with Crippen molar-refractivity contribution >= 4 is 17.6 Å². The molecule has 0 heterocycles. The third kappa shape index (κ3) is 2.41. The van der Waals surface area contributed by atoms with E-state index in [1.54, 1.807) is 0 Å². The molecule has 1 saturated carbocycles. The Labute approximate surface area is 95.2 Å². The Morgan fingerprint density at radius 3 is 2.59 bits per heavy atom. The second kappa shape index (κ2) is 4.12. The van der Waals surface area contributed by atoms with Crippen molar-refractivity contribution in [2.24, 2.45) is 11.8 Å². The molecule has 0 spiro atoms. The number of carbonyl (C=O) groups is 2. The van der Waals surface area contributed by atoms with Crippen molar-refractivity contribution in [3.8, 4) is 0 Å². The first-order valence-electron chi connectivity index (χ1n) is 4.96. The number of anilines is 1. The molecule has 0 saturated heterocycles. The Bertz CT molecular complexity index is 490. The van der Waals surface area contributed by atoms with E-state index in [0.717, 1.165) is 18.2 Å². The predicted octanol–water partition coefficient (Wildman–Crippen LogP) is 0.289. The number of carboxylic acids is 1. The van der Waals surface area contributed by atoms with Crippen LogP contribution in [0.1, 0.15) is 6.42 Å². The Hall–Kier alpha value is -1.98. The van der Waals surface area contributed by atoms with E-state index in [0.29, 0.717) is 0 Å². The molecule has 1 aromatic rings. The van der Waals surface area contributed by atoms with Crippen molar-refractivity contribution < 1.29 is 23.5 Å². The molecule has 1 N–H and O–H groups in total. The Morgan fingerprint density at radius 1 is 1.29 bits per heavy atom. The minimum Gasteiger partial charge on any atom is -0.550 e. The second-order valence-electron chi connectivity index (χ2n) is 3.88. The molecule has 0 aromatic heterocycles. The minimum absolute atomic E-state index is 0.172. The number of hydrogen-bond acceptors (Lipinski definition) is 3. The fourth-order valence-electron chi connectivity index (χ4n) is 1.56. The van der Waals surface area contributed by atoms with Crippen LogP contribution in [0, 0.1) is 23.5 Å². The van der Waals surface area contributed by atoms with Crippen LogP contribution in [-0.2, 0) is 9.59 Å². The summed E-state index contributed by atoms with van der Waals surface area (Å²) in [6.07, 6.45) is 0.172. The van der Waals surface area contributed by atoms with Gasteiger partial charge < -0.3 is 15.2 Å². The van der Waals surface area contributed by atoms with Gasteiger partial charge in [0.05, 0.1) is 5.69 Å². The molecule has 0 radical (unpaired) electrons. The van der Waals surface area contributed by atoms with E-state index in [9.17, 15) is 23.5 Å². The number of amides is 1. The van der Waals surface area contributed by atoms with Gasteiger partial charge in [0.15, 0.2) is 0 Å². The van der Waals surface area contributed by atoms with Gasteiger partial charge in [-0.05, 0) is 18.6 Å². The lowest BCUT2D eigenvalue weighted by Crippen LogP contribution is -2.27. The first kappa shape index (κ1) is 11.5. The normalized spacial score (nSPS) is 22.0. The van der Waals surface area contributed by atoms with Crippen LogP contribution in [0.4, 0.5) is 14.5 Å². The molecule has 2 rings (SSSR count). The lowest BCUT2D eigenvalue weighted by atomic mass is 10.2. The lowest BCUT2D eigenvalue weighted by molar-refractivity contribution is -0.308. The van der Waals surface area contributed by atoms with Gasteiger partial charge in [0, 0.05) is 23.9 Å². The summed E-state index contributed by atoms with van der Waals surface area (Å²) in [6.45, 7) is 0. The van der Waals surface area contributed by atoms with Crippen molar-refractivity contribution in [3.63, 3.8) is 0 Å². The van der Waals surface area contributed by atoms with Gasteiger partial charge in [-0.25, -0.2) is 8.78 Å². The third-order valence-corrected chi connectivity index (χ3v) is 2.62. The van der Waals surface area contributed by atoms with Crippen LogP contribution in [0.15, 0.2) is 18.2 Å². The van der Waals surface area contributed by atoms with Crippen molar-refractivity contribution in [2.45, 2.75) is 6.42 Å². The first-order chi connectivity index (χ1) is 7.99. The minimum atomic E-state index is -1.30. The molecule has 4 nitrogen and oxygen atoms in total. The van der Waals surface area contributed by atoms with Gasteiger partial charge in [-0.2, -0.15) is 0 Å². The Kier molecular flexibility index (Phi) is 2.79. The van der Waals surface area contributed by atoms with E-state index in [1.807, 2.05) is 0 Å². The molecule has 2 atom stereocenters. The quantitative estimate of drug-likeness (QED) is 0.825. The van der Waals surface area contributed by atoms with E-state index in [4.69, 9.17) is 0 Å². The number of carboxylic acid groups (broad SMARTS) is 1. The zero-order valence-electron chi connectivity index (χ0n) is 8.57. The maximum absolute atomic E-state index is 13.2. The molecule has 1 aliphatic carbocycles. The molecule has 1 amide bonds. The van der Waals surface area contributed by atoms with E-state index in [2.05, 4.69) is 5.32 Å². The van der Waals surface area contributed by atoms with Crippen molar-refractivity contribution in [1.29, 1.82) is 0 Å².